The predicted octanol–water partition coefficient (Wildman–Crippen LogP) is 1.88. The van der Waals surface area contributed by atoms with E-state index in [0.717, 1.165) is 5.56 Å². The number of nitrogens with zero attached hydrogens (tertiary/aromatic N) is 1. The number of halogens is 2. The van der Waals surface area contributed by atoms with Crippen LogP contribution >= 0.6 is 27.5 Å². The second-order valence-electron chi connectivity index (χ2n) is 2.81. The van der Waals surface area contributed by atoms with Crippen LogP contribution in [0.25, 0.3) is 0 Å². The highest BCUT2D eigenvalue weighted by Gasteiger charge is 2.13. The molecule has 2 unspecified atom stereocenters. The number of hydrogen-bond acceptors (Lipinski definition) is 3. The van der Waals surface area contributed by atoms with E-state index in [0.29, 0.717) is 9.63 Å². The van der Waals surface area contributed by atoms with Gasteiger partial charge < -0.3 is 10.8 Å². The fourth-order valence-electron chi connectivity index (χ4n) is 0.897. The molecule has 0 saturated carbocycles. The summed E-state index contributed by atoms with van der Waals surface area (Å²) < 4.78 is 0.683. The molecule has 3 nitrogen and oxygen atoms in total. The van der Waals surface area contributed by atoms with Crippen molar-refractivity contribution in [3.8, 4) is 0 Å². The molecular formula is C8H10BrClN2O. The molecule has 0 spiro atoms. The highest BCUT2D eigenvalue weighted by atomic mass is 79.9. The van der Waals surface area contributed by atoms with Gasteiger partial charge in [-0.05, 0) is 34.5 Å². The first kappa shape index (κ1) is 10.9. The summed E-state index contributed by atoms with van der Waals surface area (Å²) >= 11 is 8.94. The van der Waals surface area contributed by atoms with E-state index in [1.54, 1.807) is 19.2 Å². The summed E-state index contributed by atoms with van der Waals surface area (Å²) in [6, 6.07) is 1.33. The Hall–Kier alpha value is -0.160. The Labute approximate surface area is 90.1 Å². The van der Waals surface area contributed by atoms with E-state index in [-0.39, 0.29) is 0 Å². The SMILES string of the molecule is CC(O)C(N)c1cnc(Cl)c(Br)c1. The van der Waals surface area contributed by atoms with Gasteiger partial charge in [0, 0.05) is 6.20 Å². The molecule has 0 aliphatic heterocycles. The molecule has 1 aromatic heterocycles. The number of rotatable bonds is 2. The van der Waals surface area contributed by atoms with Crippen LogP contribution in [0.1, 0.15) is 18.5 Å². The fourth-order valence-corrected chi connectivity index (χ4v) is 1.37. The van der Waals surface area contributed by atoms with Gasteiger partial charge in [0.25, 0.3) is 0 Å². The molecule has 5 heteroatoms. The van der Waals surface area contributed by atoms with Gasteiger partial charge in [-0.25, -0.2) is 4.98 Å². The molecule has 3 N–H and O–H groups in total. The first-order valence-electron chi connectivity index (χ1n) is 3.77. The van der Waals surface area contributed by atoms with Crippen LogP contribution in [0.4, 0.5) is 0 Å². The van der Waals surface area contributed by atoms with Crippen LogP contribution in [0, 0.1) is 0 Å². The second-order valence-corrected chi connectivity index (χ2v) is 4.02. The number of aliphatic hydroxyl groups excluding tert-OH is 1. The molecule has 0 radical (unpaired) electrons. The van der Waals surface area contributed by atoms with Crippen molar-refractivity contribution in [3.05, 3.63) is 27.5 Å². The predicted molar refractivity (Wildman–Crippen MR) is 55.6 cm³/mol. The lowest BCUT2D eigenvalue weighted by Gasteiger charge is -2.14. The lowest BCUT2D eigenvalue weighted by molar-refractivity contribution is 0.164. The maximum Gasteiger partial charge on any atom is 0.143 e. The van der Waals surface area contributed by atoms with Crippen molar-refractivity contribution < 1.29 is 5.11 Å². The van der Waals surface area contributed by atoms with Gasteiger partial charge in [-0.3, -0.25) is 0 Å². The van der Waals surface area contributed by atoms with Crippen LogP contribution in [-0.2, 0) is 0 Å². The quantitative estimate of drug-likeness (QED) is 0.803. The molecular weight excluding hydrogens is 255 g/mol. The molecule has 0 aliphatic rings. The van der Waals surface area contributed by atoms with Crippen LogP contribution in [0.2, 0.25) is 5.15 Å². The van der Waals surface area contributed by atoms with Gasteiger partial charge in [-0.15, -0.1) is 0 Å². The van der Waals surface area contributed by atoms with Gasteiger partial charge in [0.1, 0.15) is 5.15 Å². The third-order valence-corrected chi connectivity index (χ3v) is 2.86. The van der Waals surface area contributed by atoms with Crippen molar-refractivity contribution in [1.29, 1.82) is 0 Å². The average Bonchev–Trinajstić information content (AvgIpc) is 2.08. The zero-order valence-corrected chi connectivity index (χ0v) is 9.38. The summed E-state index contributed by atoms with van der Waals surface area (Å²) in [5.41, 5.74) is 6.46. The molecule has 0 bridgehead atoms. The Balaban J connectivity index is 2.97. The maximum atomic E-state index is 9.23. The molecule has 0 amide bonds. The van der Waals surface area contributed by atoms with Crippen molar-refractivity contribution in [2.24, 2.45) is 5.73 Å². The van der Waals surface area contributed by atoms with Crippen LogP contribution < -0.4 is 5.73 Å². The minimum absolute atomic E-state index is 0.390. The van der Waals surface area contributed by atoms with E-state index >= 15 is 0 Å². The van der Waals surface area contributed by atoms with Gasteiger partial charge in [-0.2, -0.15) is 0 Å². The minimum atomic E-state index is -0.602. The number of aliphatic hydroxyl groups is 1. The lowest BCUT2D eigenvalue weighted by Crippen LogP contribution is -2.23. The molecule has 1 heterocycles. The molecule has 13 heavy (non-hydrogen) atoms. The Morgan fingerprint density at radius 1 is 1.69 bits per heavy atom. The van der Waals surface area contributed by atoms with Crippen molar-refractivity contribution >= 4 is 27.5 Å². The van der Waals surface area contributed by atoms with E-state index in [9.17, 15) is 5.11 Å². The number of hydrogen-bond donors (Lipinski definition) is 2. The summed E-state index contributed by atoms with van der Waals surface area (Å²) in [7, 11) is 0. The van der Waals surface area contributed by atoms with Crippen LogP contribution in [0.3, 0.4) is 0 Å². The van der Waals surface area contributed by atoms with Crippen molar-refractivity contribution in [3.63, 3.8) is 0 Å². The van der Waals surface area contributed by atoms with Crippen molar-refractivity contribution in [2.45, 2.75) is 19.1 Å². The Kier molecular flexibility index (Phi) is 3.67. The molecule has 0 fully saturated rings. The number of pyridine rings is 1. The largest absolute Gasteiger partial charge is 0.391 e. The molecule has 0 saturated heterocycles. The van der Waals surface area contributed by atoms with Crippen LogP contribution in [0.15, 0.2) is 16.7 Å². The normalized spacial score (nSPS) is 15.5. The monoisotopic (exact) mass is 264 g/mol. The second kappa shape index (κ2) is 4.37. The average molecular weight is 266 g/mol. The van der Waals surface area contributed by atoms with E-state index in [4.69, 9.17) is 17.3 Å². The first-order valence-corrected chi connectivity index (χ1v) is 4.94. The molecule has 1 rings (SSSR count). The Morgan fingerprint density at radius 3 is 2.77 bits per heavy atom. The Morgan fingerprint density at radius 2 is 2.31 bits per heavy atom. The molecule has 0 aromatic carbocycles. The van der Waals surface area contributed by atoms with Crippen molar-refractivity contribution in [1.82, 2.24) is 4.98 Å². The number of aromatic nitrogens is 1. The molecule has 72 valence electrons. The summed E-state index contributed by atoms with van der Waals surface area (Å²) in [4.78, 5) is 3.91. The van der Waals surface area contributed by atoms with Gasteiger partial charge in [0.05, 0.1) is 16.6 Å². The van der Waals surface area contributed by atoms with Gasteiger partial charge in [-0.1, -0.05) is 11.6 Å². The highest BCUT2D eigenvalue weighted by Crippen LogP contribution is 2.23. The lowest BCUT2D eigenvalue weighted by atomic mass is 10.1. The summed E-state index contributed by atoms with van der Waals surface area (Å²) in [5.74, 6) is 0. The third-order valence-electron chi connectivity index (χ3n) is 1.72. The summed E-state index contributed by atoms with van der Waals surface area (Å²) in [5, 5.41) is 9.62. The first-order chi connectivity index (χ1) is 6.02. The minimum Gasteiger partial charge on any atom is -0.391 e. The highest BCUT2D eigenvalue weighted by molar-refractivity contribution is 9.10. The van der Waals surface area contributed by atoms with Gasteiger partial charge in [0.15, 0.2) is 0 Å². The van der Waals surface area contributed by atoms with E-state index in [2.05, 4.69) is 20.9 Å². The van der Waals surface area contributed by atoms with E-state index in [1.807, 2.05) is 0 Å². The summed E-state index contributed by atoms with van der Waals surface area (Å²) in [6.07, 6.45) is 0.958. The van der Waals surface area contributed by atoms with Crippen molar-refractivity contribution in [2.75, 3.05) is 0 Å². The zero-order valence-electron chi connectivity index (χ0n) is 7.04. The number of nitrogens with two attached hydrogens (primary N) is 1. The van der Waals surface area contributed by atoms with E-state index < -0.39 is 12.1 Å². The maximum absolute atomic E-state index is 9.23. The topological polar surface area (TPSA) is 59.1 Å². The molecule has 0 aliphatic carbocycles. The smallest absolute Gasteiger partial charge is 0.143 e. The van der Waals surface area contributed by atoms with Gasteiger partial charge in [0.2, 0.25) is 0 Å². The standard InChI is InChI=1S/C8H10BrClN2O/c1-4(13)7(11)5-2-6(9)8(10)12-3-5/h2-4,7,13H,11H2,1H3. The molecule has 2 atom stereocenters. The fraction of sp³-hybridized carbons (Fsp3) is 0.375. The summed E-state index contributed by atoms with van der Waals surface area (Å²) in [6.45, 7) is 1.63. The molecule has 1 aromatic rings. The van der Waals surface area contributed by atoms with Crippen LogP contribution in [-0.4, -0.2) is 16.2 Å². The Bertz CT molecular complexity index is 306. The zero-order chi connectivity index (χ0) is 10.0. The third kappa shape index (κ3) is 2.64. The van der Waals surface area contributed by atoms with E-state index in [1.165, 1.54) is 0 Å². The van der Waals surface area contributed by atoms with Gasteiger partial charge >= 0.3 is 0 Å². The van der Waals surface area contributed by atoms with Crippen LogP contribution in [0.5, 0.6) is 0 Å².